The van der Waals surface area contributed by atoms with Crippen LogP contribution in [-0.2, 0) is 11.2 Å². The first-order valence-corrected chi connectivity index (χ1v) is 17.7. The normalized spacial score (nSPS) is 14.2. The molecule has 5 aromatic carbocycles. The molecule has 0 radical (unpaired) electrons. The van der Waals surface area contributed by atoms with Gasteiger partial charge in [0.25, 0.3) is 0 Å². The molecule has 2 nitrogen and oxygen atoms in total. The van der Waals surface area contributed by atoms with E-state index in [0.717, 1.165) is 22.9 Å². The molecule has 5 aromatic rings. The quantitative estimate of drug-likeness (QED) is 0.148. The minimum absolute atomic E-state index is 0.00724. The molecule has 1 unspecified atom stereocenters. The van der Waals surface area contributed by atoms with Gasteiger partial charge in [-0.2, -0.15) is 0 Å². The second-order valence-electron chi connectivity index (χ2n) is 11.6. The molecule has 1 atom stereocenters. The molecule has 220 valence electrons. The maximum atomic E-state index is 13.9. The summed E-state index contributed by atoms with van der Waals surface area (Å²) in [4.78, 5) is 13.9. The van der Waals surface area contributed by atoms with Crippen molar-refractivity contribution in [3.8, 4) is 0 Å². The molecule has 0 aliphatic heterocycles. The van der Waals surface area contributed by atoms with E-state index in [1.807, 2.05) is 48.5 Å². The van der Waals surface area contributed by atoms with Crippen molar-refractivity contribution in [3.05, 3.63) is 179 Å². The molecule has 0 N–H and O–H groups in total. The van der Waals surface area contributed by atoms with Gasteiger partial charge in [-0.1, -0.05) is 0 Å². The van der Waals surface area contributed by atoms with Crippen LogP contribution < -0.4 is 15.9 Å². The molecule has 4 heteroatoms. The number of halogens is 1. The second kappa shape index (κ2) is 13.2. The van der Waals surface area contributed by atoms with Crippen molar-refractivity contribution in [2.45, 2.75) is 13.3 Å². The summed E-state index contributed by atoms with van der Waals surface area (Å²) in [7, 11) is -2.44. The van der Waals surface area contributed by atoms with Crippen LogP contribution in [0.2, 0.25) is 5.02 Å². The molecule has 0 bridgehead atoms. The number of fused-ring (bicyclic) bond motifs is 1. The maximum absolute atomic E-state index is 13.9. The number of carbonyl (C=O) groups is 1. The number of hydrogen-bond acceptors (Lipinski definition) is 2. The van der Waals surface area contributed by atoms with E-state index in [-0.39, 0.29) is 11.7 Å². The number of benzene rings is 5. The fourth-order valence-electron chi connectivity index (χ4n) is 6.48. The van der Waals surface area contributed by atoms with Crippen molar-refractivity contribution in [2.24, 2.45) is 5.92 Å². The zero-order valence-electron chi connectivity index (χ0n) is 24.9. The van der Waals surface area contributed by atoms with Crippen LogP contribution in [0.5, 0.6) is 0 Å². The number of rotatable bonds is 10. The van der Waals surface area contributed by atoms with Crippen molar-refractivity contribution in [1.82, 2.24) is 0 Å². The summed E-state index contributed by atoms with van der Waals surface area (Å²) in [6.45, 7) is 7.15. The first-order valence-electron chi connectivity index (χ1n) is 15.1. The Morgan fingerprint density at radius 1 is 0.682 bits per heavy atom. The van der Waals surface area contributed by atoms with E-state index in [0.29, 0.717) is 34.9 Å². The standard InChI is InChI=1S/C40H36ClO2P/c1-29(28-44(33-14-6-3-7-15-33,34-16-8-4-9-17-34)35-18-10-5-11-19-35)27-43-40-30(2)36-20-12-13-21-37(36)39(42)38(40)26-31-22-24-32(41)25-23-31/h3-25,29,44H,2,26-28H2,1H3. The van der Waals surface area contributed by atoms with Gasteiger partial charge in [0, 0.05) is 0 Å². The molecule has 0 aromatic heterocycles. The van der Waals surface area contributed by atoms with Gasteiger partial charge >= 0.3 is 267 Å². The van der Waals surface area contributed by atoms with Gasteiger partial charge in [-0.25, -0.2) is 0 Å². The molecule has 0 saturated heterocycles. The average Bonchev–Trinajstić information content (AvgIpc) is 3.08. The van der Waals surface area contributed by atoms with E-state index in [2.05, 4.69) is 104 Å². The predicted molar refractivity (Wildman–Crippen MR) is 189 cm³/mol. The molecular weight excluding hydrogens is 579 g/mol. The summed E-state index contributed by atoms with van der Waals surface area (Å²) in [5.41, 5.74) is 3.91. The third kappa shape index (κ3) is 5.93. The molecule has 0 saturated carbocycles. The zero-order chi connectivity index (χ0) is 30.5. The van der Waals surface area contributed by atoms with Crippen LogP contribution in [0.3, 0.4) is 0 Å². The molecule has 1 aliphatic rings. The van der Waals surface area contributed by atoms with E-state index in [9.17, 15) is 4.79 Å². The van der Waals surface area contributed by atoms with Crippen molar-refractivity contribution in [2.75, 3.05) is 12.8 Å². The summed E-state index contributed by atoms with van der Waals surface area (Å²) < 4.78 is 6.70. The first kappa shape index (κ1) is 29.8. The number of allylic oxidation sites excluding steroid dienone is 2. The van der Waals surface area contributed by atoms with E-state index in [1.165, 1.54) is 15.9 Å². The van der Waals surface area contributed by atoms with Gasteiger partial charge in [-0.3, -0.25) is 0 Å². The van der Waals surface area contributed by atoms with Gasteiger partial charge < -0.3 is 0 Å². The molecule has 0 spiro atoms. The topological polar surface area (TPSA) is 26.3 Å². The van der Waals surface area contributed by atoms with Crippen LogP contribution in [0.25, 0.3) is 5.57 Å². The van der Waals surface area contributed by atoms with Gasteiger partial charge in [-0.15, -0.1) is 0 Å². The minimum atomic E-state index is -2.44. The molecule has 0 amide bonds. The van der Waals surface area contributed by atoms with Crippen molar-refractivity contribution >= 4 is 46.1 Å². The number of ether oxygens (including phenoxy) is 1. The fourth-order valence-corrected chi connectivity index (χ4v) is 11.8. The Kier molecular flexibility index (Phi) is 8.94. The molecule has 0 fully saturated rings. The van der Waals surface area contributed by atoms with Gasteiger partial charge in [0.15, 0.2) is 0 Å². The molecule has 1 aliphatic carbocycles. The number of Topliss-reactive ketones (excluding diaryl/α,β-unsaturated/α-hetero) is 1. The molecular formula is C40H36ClO2P. The Bertz CT molecular complexity index is 1700. The second-order valence-corrected chi connectivity index (χ2v) is 16.0. The number of hydrogen-bond donors (Lipinski definition) is 0. The van der Waals surface area contributed by atoms with Crippen LogP contribution in [-0.4, -0.2) is 18.6 Å². The summed E-state index contributed by atoms with van der Waals surface area (Å²) in [6.07, 6.45) is 1.39. The van der Waals surface area contributed by atoms with Gasteiger partial charge in [0.05, 0.1) is 0 Å². The Morgan fingerprint density at radius 2 is 1.16 bits per heavy atom. The van der Waals surface area contributed by atoms with Gasteiger partial charge in [0.1, 0.15) is 0 Å². The van der Waals surface area contributed by atoms with Crippen molar-refractivity contribution in [1.29, 1.82) is 0 Å². The number of ketones is 1. The molecule has 0 heterocycles. The SMILES string of the molecule is C=C1C(OCC(C)C[PH](c2ccccc2)(c2ccccc2)c2ccccc2)=C(Cc2ccc(Cl)cc2)C(=O)c2ccccc21. The third-order valence-electron chi connectivity index (χ3n) is 8.58. The van der Waals surface area contributed by atoms with Crippen LogP contribution >= 0.6 is 18.9 Å². The van der Waals surface area contributed by atoms with Crippen molar-refractivity contribution < 1.29 is 9.53 Å². The fraction of sp³-hybridized carbons (Fsp3) is 0.125. The van der Waals surface area contributed by atoms with Gasteiger partial charge in [-0.05, 0) is 0 Å². The van der Waals surface area contributed by atoms with E-state index in [1.54, 1.807) is 0 Å². The van der Waals surface area contributed by atoms with Gasteiger partial charge in [0.2, 0.25) is 0 Å². The Hall–Kier alpha value is -4.23. The Labute approximate surface area is 266 Å². The summed E-state index contributed by atoms with van der Waals surface area (Å²) in [5.74, 6) is 0.778. The van der Waals surface area contributed by atoms with Crippen LogP contribution in [0.15, 0.2) is 157 Å². The van der Waals surface area contributed by atoms with Crippen LogP contribution in [0.4, 0.5) is 0 Å². The van der Waals surface area contributed by atoms with E-state index in [4.69, 9.17) is 16.3 Å². The third-order valence-corrected chi connectivity index (χ3v) is 14.1. The number of carbonyl (C=O) groups excluding carboxylic acids is 1. The van der Waals surface area contributed by atoms with Crippen LogP contribution in [0, 0.1) is 5.92 Å². The molecule has 44 heavy (non-hydrogen) atoms. The average molecular weight is 615 g/mol. The van der Waals surface area contributed by atoms with Crippen LogP contribution in [0.1, 0.15) is 28.4 Å². The summed E-state index contributed by atoms with van der Waals surface area (Å²) in [5, 5.41) is 4.79. The summed E-state index contributed by atoms with van der Waals surface area (Å²) >= 11 is 6.16. The van der Waals surface area contributed by atoms with E-state index < -0.39 is 7.26 Å². The molecule has 6 rings (SSSR count). The Balaban J connectivity index is 1.37. The predicted octanol–water partition coefficient (Wildman–Crippen LogP) is 8.43. The van der Waals surface area contributed by atoms with Crippen molar-refractivity contribution in [3.63, 3.8) is 0 Å². The zero-order valence-corrected chi connectivity index (χ0v) is 26.6. The first-order chi connectivity index (χ1) is 21.5. The monoisotopic (exact) mass is 614 g/mol. The Morgan fingerprint density at radius 3 is 1.68 bits per heavy atom. The van der Waals surface area contributed by atoms with E-state index >= 15 is 0 Å². The summed E-state index contributed by atoms with van der Waals surface area (Å²) in [6, 6.07) is 48.2.